The molecular weight excluding hydrogens is 656 g/mol. The standard InChI is InChI=1S/C44H64O8/c1-7-9-10-13-33-16-18-35(19-17-33)36-20-21-40(34(8-2)24-36)39-25-37(14-11-22-50-42(48)31(3)4)41(52-30-44(27-45,28-46)29-47)38(26-39)15-12-23-51-43(49)32(5)6/h20-21,24-26,33,35,45-47H,3,5,7-19,22-23,27-30H2,1-2,4,6H3. The molecule has 0 spiro atoms. The first-order valence-corrected chi connectivity index (χ1v) is 19.4. The number of rotatable bonds is 23. The number of aliphatic hydroxyl groups excluding tert-OH is 3. The lowest BCUT2D eigenvalue weighted by molar-refractivity contribution is -0.139. The maximum absolute atomic E-state index is 12.1. The van der Waals surface area contributed by atoms with Crippen molar-refractivity contribution in [3.05, 3.63) is 76.9 Å². The van der Waals surface area contributed by atoms with Gasteiger partial charge in [0.1, 0.15) is 12.4 Å². The summed E-state index contributed by atoms with van der Waals surface area (Å²) in [5.74, 6) is 1.15. The van der Waals surface area contributed by atoms with Crippen molar-refractivity contribution in [2.75, 3.05) is 39.6 Å². The van der Waals surface area contributed by atoms with Crippen molar-refractivity contribution in [2.45, 2.75) is 117 Å². The molecule has 1 aliphatic carbocycles. The molecule has 1 saturated carbocycles. The normalized spacial score (nSPS) is 16.0. The Morgan fingerprint density at radius 3 is 1.81 bits per heavy atom. The van der Waals surface area contributed by atoms with Gasteiger partial charge in [0, 0.05) is 11.1 Å². The van der Waals surface area contributed by atoms with Crippen LogP contribution in [0.1, 0.15) is 120 Å². The Morgan fingerprint density at radius 2 is 1.33 bits per heavy atom. The second-order valence-electron chi connectivity index (χ2n) is 14.9. The number of carbonyl (C=O) groups is 2. The van der Waals surface area contributed by atoms with Crippen molar-refractivity contribution in [1.29, 1.82) is 0 Å². The number of aryl methyl sites for hydroxylation is 3. The number of ether oxygens (including phenoxy) is 3. The van der Waals surface area contributed by atoms with E-state index >= 15 is 0 Å². The van der Waals surface area contributed by atoms with Crippen LogP contribution in [0.4, 0.5) is 0 Å². The van der Waals surface area contributed by atoms with E-state index in [1.54, 1.807) is 13.8 Å². The highest BCUT2D eigenvalue weighted by atomic mass is 16.5. The average molecular weight is 721 g/mol. The van der Waals surface area contributed by atoms with E-state index in [1.165, 1.54) is 62.5 Å². The number of hydrogen-bond donors (Lipinski definition) is 3. The van der Waals surface area contributed by atoms with Gasteiger partial charge in [-0.05, 0) is 129 Å². The molecule has 0 atom stereocenters. The minimum absolute atomic E-state index is 0.110. The zero-order valence-electron chi connectivity index (χ0n) is 32.3. The average Bonchev–Trinajstić information content (AvgIpc) is 3.16. The third-order valence-electron chi connectivity index (χ3n) is 10.5. The Bertz CT molecular complexity index is 1400. The molecule has 0 aliphatic heterocycles. The smallest absolute Gasteiger partial charge is 0.333 e. The van der Waals surface area contributed by atoms with Crippen LogP contribution in [0.5, 0.6) is 5.75 Å². The largest absolute Gasteiger partial charge is 0.492 e. The second kappa shape index (κ2) is 21.9. The van der Waals surface area contributed by atoms with Crippen molar-refractivity contribution in [3.63, 3.8) is 0 Å². The van der Waals surface area contributed by atoms with Crippen LogP contribution in [-0.2, 0) is 38.3 Å². The molecule has 0 heterocycles. The zero-order chi connectivity index (χ0) is 38.1. The highest BCUT2D eigenvalue weighted by Crippen LogP contribution is 2.40. The molecule has 0 unspecified atom stereocenters. The molecule has 0 amide bonds. The van der Waals surface area contributed by atoms with Crippen LogP contribution in [0, 0.1) is 11.3 Å². The predicted molar refractivity (Wildman–Crippen MR) is 207 cm³/mol. The second-order valence-corrected chi connectivity index (χ2v) is 14.9. The minimum atomic E-state index is -1.24. The Balaban J connectivity index is 1.99. The van der Waals surface area contributed by atoms with E-state index in [9.17, 15) is 24.9 Å². The molecule has 8 nitrogen and oxygen atoms in total. The van der Waals surface area contributed by atoms with E-state index in [-0.39, 0.29) is 19.8 Å². The van der Waals surface area contributed by atoms with E-state index in [0.717, 1.165) is 34.6 Å². The lowest BCUT2D eigenvalue weighted by Gasteiger charge is -2.30. The van der Waals surface area contributed by atoms with E-state index < -0.39 is 37.2 Å². The lowest BCUT2D eigenvalue weighted by atomic mass is 9.76. The number of carbonyl (C=O) groups excluding carboxylic acids is 2. The van der Waals surface area contributed by atoms with E-state index in [2.05, 4.69) is 57.3 Å². The summed E-state index contributed by atoms with van der Waals surface area (Å²) in [6, 6.07) is 11.2. The van der Waals surface area contributed by atoms with Gasteiger partial charge < -0.3 is 29.5 Å². The molecule has 2 aromatic carbocycles. The Hall–Kier alpha value is -3.46. The van der Waals surface area contributed by atoms with Crippen LogP contribution in [0.15, 0.2) is 54.6 Å². The van der Waals surface area contributed by atoms with E-state index in [0.29, 0.717) is 48.5 Å². The highest BCUT2D eigenvalue weighted by Gasteiger charge is 2.30. The molecule has 1 aliphatic rings. The van der Waals surface area contributed by atoms with Crippen LogP contribution >= 0.6 is 0 Å². The van der Waals surface area contributed by atoms with Gasteiger partial charge in [-0.1, -0.05) is 70.9 Å². The molecule has 1 fully saturated rings. The van der Waals surface area contributed by atoms with E-state index in [4.69, 9.17) is 14.2 Å². The maximum atomic E-state index is 12.1. The highest BCUT2D eigenvalue weighted by molar-refractivity contribution is 5.87. The summed E-state index contributed by atoms with van der Waals surface area (Å²) in [6.45, 7) is 13.9. The summed E-state index contributed by atoms with van der Waals surface area (Å²) in [5, 5.41) is 30.1. The van der Waals surface area contributed by atoms with Crippen molar-refractivity contribution >= 4 is 11.9 Å². The minimum Gasteiger partial charge on any atom is -0.492 e. The van der Waals surface area contributed by atoms with Gasteiger partial charge in [-0.15, -0.1) is 0 Å². The summed E-state index contributed by atoms with van der Waals surface area (Å²) in [4.78, 5) is 24.2. The molecule has 0 saturated heterocycles. The molecule has 52 heavy (non-hydrogen) atoms. The molecule has 0 bridgehead atoms. The van der Waals surface area contributed by atoms with Crippen LogP contribution in [0.25, 0.3) is 11.1 Å². The summed E-state index contributed by atoms with van der Waals surface area (Å²) in [7, 11) is 0. The molecule has 0 aromatic heterocycles. The van der Waals surface area contributed by atoms with Crippen LogP contribution in [-0.4, -0.2) is 66.9 Å². The topological polar surface area (TPSA) is 123 Å². The SMILES string of the molecule is C=C(C)C(=O)OCCCc1cc(-c2ccc(C3CCC(CCCCC)CC3)cc2CC)cc(CCCOC(=O)C(=C)C)c1OCC(CO)(CO)CO. The molecule has 0 radical (unpaired) electrons. The molecule has 2 aromatic rings. The summed E-state index contributed by atoms with van der Waals surface area (Å²) >= 11 is 0. The predicted octanol–water partition coefficient (Wildman–Crippen LogP) is 8.22. The van der Waals surface area contributed by atoms with E-state index in [1.807, 2.05) is 0 Å². The lowest BCUT2D eigenvalue weighted by Crippen LogP contribution is -2.40. The fraction of sp³-hybridized carbons (Fsp3) is 0.591. The first-order chi connectivity index (χ1) is 25.0. The number of aliphatic hydroxyl groups is 3. The van der Waals surface area contributed by atoms with Gasteiger partial charge in [0.15, 0.2) is 0 Å². The quantitative estimate of drug-likeness (QED) is 0.0597. The third kappa shape index (κ3) is 12.6. The third-order valence-corrected chi connectivity index (χ3v) is 10.5. The van der Waals surface area contributed by atoms with Crippen molar-refractivity contribution < 1.29 is 39.1 Å². The van der Waals surface area contributed by atoms with Gasteiger partial charge in [0.2, 0.25) is 0 Å². The molecule has 8 heteroatoms. The van der Waals surface area contributed by atoms with Crippen LogP contribution in [0.3, 0.4) is 0 Å². The molecule has 3 rings (SSSR count). The van der Waals surface area contributed by atoms with Gasteiger partial charge in [0.05, 0.1) is 38.4 Å². The summed E-state index contributed by atoms with van der Waals surface area (Å²) < 4.78 is 17.2. The number of benzene rings is 2. The summed E-state index contributed by atoms with van der Waals surface area (Å²) in [6.07, 6.45) is 13.4. The molecule has 3 N–H and O–H groups in total. The van der Waals surface area contributed by atoms with Crippen LogP contribution in [0.2, 0.25) is 0 Å². The van der Waals surface area contributed by atoms with Crippen molar-refractivity contribution in [2.24, 2.45) is 11.3 Å². The van der Waals surface area contributed by atoms with Crippen LogP contribution < -0.4 is 4.74 Å². The molecule has 288 valence electrons. The number of unbranched alkanes of at least 4 members (excludes halogenated alkanes) is 2. The van der Waals surface area contributed by atoms with Gasteiger partial charge in [-0.2, -0.15) is 0 Å². The molecular formula is C44H64O8. The van der Waals surface area contributed by atoms with Crippen molar-refractivity contribution in [1.82, 2.24) is 0 Å². The number of hydrogen-bond acceptors (Lipinski definition) is 8. The zero-order valence-corrected chi connectivity index (χ0v) is 32.3. The fourth-order valence-electron chi connectivity index (χ4n) is 6.99. The first-order valence-electron chi connectivity index (χ1n) is 19.4. The first kappa shape index (κ1) is 42.9. The summed E-state index contributed by atoms with van der Waals surface area (Å²) in [5.41, 5.74) is 6.08. The van der Waals surface area contributed by atoms with Gasteiger partial charge >= 0.3 is 11.9 Å². The fourth-order valence-corrected chi connectivity index (χ4v) is 6.99. The van der Waals surface area contributed by atoms with Gasteiger partial charge in [-0.25, -0.2) is 9.59 Å². The Morgan fingerprint density at radius 1 is 0.769 bits per heavy atom. The maximum Gasteiger partial charge on any atom is 0.333 e. The monoisotopic (exact) mass is 720 g/mol. The van der Waals surface area contributed by atoms with Crippen molar-refractivity contribution in [3.8, 4) is 16.9 Å². The van der Waals surface area contributed by atoms with Gasteiger partial charge in [-0.3, -0.25) is 0 Å². The Kier molecular flexibility index (Phi) is 18.1. The van der Waals surface area contributed by atoms with Gasteiger partial charge in [0.25, 0.3) is 0 Å². The number of esters is 2. The Labute approximate surface area is 312 Å².